The van der Waals surface area contributed by atoms with Crippen molar-refractivity contribution in [3.05, 3.63) is 194 Å². The Labute approximate surface area is 283 Å². The van der Waals surface area contributed by atoms with Gasteiger partial charge in [0.25, 0.3) is 0 Å². The SMILES string of the molecule is C=C/C=C\C(=C/C)c1c(/C(C=C)=C/C=C\C)nc(-c2ccccc2)n1-n1c(-c2ccccc2)nc(-c2ccccc2)c1-c1ccccc1. The number of aromatic nitrogens is 4. The van der Waals surface area contributed by atoms with E-state index in [1.165, 1.54) is 0 Å². The average molecular weight is 623 g/mol. The normalized spacial score (nSPS) is 12.2. The van der Waals surface area contributed by atoms with Crippen LogP contribution in [0.5, 0.6) is 0 Å². The molecule has 6 rings (SSSR count). The van der Waals surface area contributed by atoms with Crippen LogP contribution in [0, 0.1) is 0 Å². The van der Waals surface area contributed by atoms with Gasteiger partial charge in [0, 0.05) is 27.8 Å². The lowest BCUT2D eigenvalue weighted by atomic mass is 10.0. The number of rotatable bonds is 11. The van der Waals surface area contributed by atoms with Gasteiger partial charge in [0.2, 0.25) is 0 Å². The van der Waals surface area contributed by atoms with Crippen molar-refractivity contribution in [2.24, 2.45) is 0 Å². The van der Waals surface area contributed by atoms with Gasteiger partial charge in [-0.1, -0.05) is 183 Å². The molecule has 0 amide bonds. The first-order chi connectivity index (χ1) is 23.7. The highest BCUT2D eigenvalue weighted by Gasteiger charge is 2.29. The van der Waals surface area contributed by atoms with Gasteiger partial charge in [0.05, 0.1) is 22.8 Å². The first-order valence-corrected chi connectivity index (χ1v) is 16.1. The predicted octanol–water partition coefficient (Wildman–Crippen LogP) is 11.3. The van der Waals surface area contributed by atoms with Crippen molar-refractivity contribution in [1.82, 2.24) is 19.3 Å². The zero-order chi connectivity index (χ0) is 33.3. The highest BCUT2D eigenvalue weighted by Crippen LogP contribution is 2.40. The van der Waals surface area contributed by atoms with Gasteiger partial charge < -0.3 is 0 Å². The fourth-order valence-corrected chi connectivity index (χ4v) is 5.80. The minimum absolute atomic E-state index is 0.770. The Morgan fingerprint density at radius 2 is 1.10 bits per heavy atom. The number of hydrogen-bond acceptors (Lipinski definition) is 2. The van der Waals surface area contributed by atoms with Gasteiger partial charge >= 0.3 is 0 Å². The number of imidazole rings is 2. The number of hydrogen-bond donors (Lipinski definition) is 0. The van der Waals surface area contributed by atoms with Gasteiger partial charge in [-0.3, -0.25) is 0 Å². The molecule has 0 unspecified atom stereocenters. The zero-order valence-electron chi connectivity index (χ0n) is 27.4. The summed E-state index contributed by atoms with van der Waals surface area (Å²) in [7, 11) is 0. The van der Waals surface area contributed by atoms with Crippen molar-refractivity contribution in [2.45, 2.75) is 13.8 Å². The highest BCUT2D eigenvalue weighted by atomic mass is 15.5. The fourth-order valence-electron chi connectivity index (χ4n) is 5.80. The van der Waals surface area contributed by atoms with Crippen molar-refractivity contribution in [3.63, 3.8) is 0 Å². The second kappa shape index (κ2) is 14.9. The first-order valence-electron chi connectivity index (χ1n) is 16.1. The van der Waals surface area contributed by atoms with Crippen LogP contribution in [0.2, 0.25) is 0 Å². The Morgan fingerprint density at radius 3 is 1.60 bits per heavy atom. The van der Waals surface area contributed by atoms with Gasteiger partial charge in [0.15, 0.2) is 11.6 Å². The summed E-state index contributed by atoms with van der Waals surface area (Å²) in [5.41, 5.74) is 9.40. The smallest absolute Gasteiger partial charge is 0.160 e. The lowest BCUT2D eigenvalue weighted by Crippen LogP contribution is -2.17. The molecule has 234 valence electrons. The Bertz CT molecular complexity index is 2140. The van der Waals surface area contributed by atoms with Gasteiger partial charge in [-0.05, 0) is 19.4 Å². The standard InChI is InChI=1S/C44H38N4/c1-5-9-23-33(7-3)39-41(34(8-4)24-10-6-2)47(43(45-39)37-29-19-13-20-30-37)48-42(36-27-17-12-18-28-36)40(35-25-15-11-16-26-35)46-44(48)38-31-21-14-22-32-38/h5-32H,2-3H2,1,4H3/b9-5-,24-10-,33-23+,34-8+. The van der Waals surface area contributed by atoms with Crippen LogP contribution in [0.3, 0.4) is 0 Å². The molecule has 0 spiro atoms. The quantitative estimate of drug-likeness (QED) is 0.135. The maximum Gasteiger partial charge on any atom is 0.160 e. The van der Waals surface area contributed by atoms with E-state index in [0.29, 0.717) is 0 Å². The van der Waals surface area contributed by atoms with Crippen LogP contribution >= 0.6 is 0 Å². The summed E-state index contributed by atoms with van der Waals surface area (Å²) in [6.07, 6.45) is 15.9. The van der Waals surface area contributed by atoms with Crippen molar-refractivity contribution in [3.8, 4) is 45.3 Å². The average Bonchev–Trinajstić information content (AvgIpc) is 3.73. The molecule has 4 heteroatoms. The van der Waals surface area contributed by atoms with Crippen LogP contribution in [-0.2, 0) is 0 Å². The number of benzene rings is 4. The van der Waals surface area contributed by atoms with Crippen molar-refractivity contribution in [1.29, 1.82) is 0 Å². The molecule has 0 aliphatic rings. The largest absolute Gasteiger partial charge is 0.226 e. The maximum atomic E-state index is 5.47. The van der Waals surface area contributed by atoms with E-state index in [-0.39, 0.29) is 0 Å². The molecule has 0 saturated carbocycles. The molecule has 4 nitrogen and oxygen atoms in total. The first kappa shape index (κ1) is 31.7. The van der Waals surface area contributed by atoms with E-state index in [1.54, 1.807) is 6.08 Å². The minimum Gasteiger partial charge on any atom is -0.226 e. The summed E-state index contributed by atoms with van der Waals surface area (Å²) in [4.78, 5) is 10.9. The Hall–Kier alpha value is -6.26. The molecule has 0 radical (unpaired) electrons. The molecule has 0 aliphatic heterocycles. The van der Waals surface area contributed by atoms with E-state index < -0.39 is 0 Å². The third kappa shape index (κ3) is 6.24. The van der Waals surface area contributed by atoms with Crippen LogP contribution in [0.25, 0.3) is 56.4 Å². The second-order valence-electron chi connectivity index (χ2n) is 11.0. The van der Waals surface area contributed by atoms with Gasteiger partial charge in [0.1, 0.15) is 0 Å². The van der Waals surface area contributed by atoms with Gasteiger partial charge in [-0.25, -0.2) is 19.3 Å². The monoisotopic (exact) mass is 622 g/mol. The van der Waals surface area contributed by atoms with E-state index in [9.17, 15) is 0 Å². The molecule has 0 N–H and O–H groups in total. The van der Waals surface area contributed by atoms with Crippen molar-refractivity contribution >= 4 is 11.1 Å². The molecular formula is C44H38N4. The van der Waals surface area contributed by atoms with Crippen LogP contribution in [-0.4, -0.2) is 19.3 Å². The fraction of sp³-hybridized carbons (Fsp3) is 0.0455. The van der Waals surface area contributed by atoms with E-state index in [2.05, 4.69) is 133 Å². The Morgan fingerprint density at radius 1 is 0.583 bits per heavy atom. The second-order valence-corrected chi connectivity index (χ2v) is 11.0. The van der Waals surface area contributed by atoms with Gasteiger partial charge in [-0.2, -0.15) is 0 Å². The van der Waals surface area contributed by atoms with E-state index in [4.69, 9.17) is 9.97 Å². The molecule has 48 heavy (non-hydrogen) atoms. The Kier molecular flexibility index (Phi) is 9.84. The lowest BCUT2D eigenvalue weighted by molar-refractivity contribution is 0.672. The molecule has 0 aliphatic carbocycles. The molecule has 0 atom stereocenters. The lowest BCUT2D eigenvalue weighted by Gasteiger charge is -2.20. The van der Waals surface area contributed by atoms with Crippen LogP contribution in [0.15, 0.2) is 183 Å². The van der Waals surface area contributed by atoms with Crippen LogP contribution in [0.4, 0.5) is 0 Å². The molecule has 0 saturated heterocycles. The van der Waals surface area contributed by atoms with Crippen molar-refractivity contribution < 1.29 is 0 Å². The van der Waals surface area contributed by atoms with E-state index >= 15 is 0 Å². The van der Waals surface area contributed by atoms with E-state index in [1.807, 2.05) is 67.6 Å². The summed E-state index contributed by atoms with van der Waals surface area (Å²) < 4.78 is 4.47. The van der Waals surface area contributed by atoms with Crippen LogP contribution in [0.1, 0.15) is 25.2 Å². The summed E-state index contributed by atoms with van der Waals surface area (Å²) in [6.45, 7) is 12.2. The third-order valence-corrected chi connectivity index (χ3v) is 8.03. The molecule has 0 fully saturated rings. The molecular weight excluding hydrogens is 585 g/mol. The number of allylic oxidation sites excluding steroid dienone is 10. The summed E-state index contributed by atoms with van der Waals surface area (Å²) >= 11 is 0. The summed E-state index contributed by atoms with van der Waals surface area (Å²) in [5.74, 6) is 1.56. The van der Waals surface area contributed by atoms with Crippen LogP contribution < -0.4 is 0 Å². The van der Waals surface area contributed by atoms with Gasteiger partial charge in [-0.15, -0.1) is 0 Å². The molecule has 2 aromatic heterocycles. The highest BCUT2D eigenvalue weighted by molar-refractivity contribution is 5.88. The molecule has 2 heterocycles. The van der Waals surface area contributed by atoms with Crippen molar-refractivity contribution in [2.75, 3.05) is 0 Å². The maximum absolute atomic E-state index is 5.47. The number of nitrogens with zero attached hydrogens (tertiary/aromatic N) is 4. The predicted molar refractivity (Wildman–Crippen MR) is 203 cm³/mol. The molecule has 0 bridgehead atoms. The topological polar surface area (TPSA) is 35.6 Å². The minimum atomic E-state index is 0.770. The summed E-state index contributed by atoms with van der Waals surface area (Å²) in [5, 5.41) is 0. The molecule has 6 aromatic rings. The van der Waals surface area contributed by atoms with E-state index in [0.717, 1.165) is 67.8 Å². The molecule has 4 aromatic carbocycles. The summed E-state index contributed by atoms with van der Waals surface area (Å²) in [6, 6.07) is 41.5. The zero-order valence-corrected chi connectivity index (χ0v) is 27.4. The third-order valence-electron chi connectivity index (χ3n) is 8.03. The Balaban J connectivity index is 1.88.